The summed E-state index contributed by atoms with van der Waals surface area (Å²) in [6.07, 6.45) is 7.99. The predicted molar refractivity (Wildman–Crippen MR) is 139 cm³/mol. The Morgan fingerprint density at radius 3 is 2.58 bits per heavy atom. The van der Waals surface area contributed by atoms with Crippen LogP contribution >= 0.6 is 15.9 Å². The number of hydrogen-bond acceptors (Lipinski definition) is 3. The number of rotatable bonds is 8. The maximum absolute atomic E-state index is 13.2. The van der Waals surface area contributed by atoms with Crippen LogP contribution in [0.2, 0.25) is 0 Å². The van der Waals surface area contributed by atoms with Gasteiger partial charge >= 0.3 is 0 Å². The van der Waals surface area contributed by atoms with Gasteiger partial charge in [-0.2, -0.15) is 0 Å². The summed E-state index contributed by atoms with van der Waals surface area (Å²) in [4.78, 5) is 30.6. The van der Waals surface area contributed by atoms with Gasteiger partial charge in [0.15, 0.2) is 0 Å². The molecule has 2 aromatic rings. The number of benzene rings is 1. The Balaban J connectivity index is 1.75. The van der Waals surface area contributed by atoms with Crippen molar-refractivity contribution in [2.24, 2.45) is 5.92 Å². The fraction of sp³-hybridized carbons (Fsp3) is 0.556. The average Bonchev–Trinajstić information content (AvgIpc) is 3.10. The van der Waals surface area contributed by atoms with Gasteiger partial charge in [-0.25, -0.2) is 0 Å². The predicted octanol–water partition coefficient (Wildman–Crippen LogP) is 5.75. The van der Waals surface area contributed by atoms with Crippen molar-refractivity contribution in [3.63, 3.8) is 0 Å². The fourth-order valence-electron chi connectivity index (χ4n) is 5.58. The number of aromatic nitrogens is 1. The van der Waals surface area contributed by atoms with E-state index >= 15 is 0 Å². The number of unbranched alkanes of at least 4 members (excludes halogenated alkanes) is 3. The minimum atomic E-state index is -0.135. The summed E-state index contributed by atoms with van der Waals surface area (Å²) < 4.78 is 2.79. The molecule has 2 atom stereocenters. The monoisotopic (exact) mass is 513 g/mol. The second kappa shape index (κ2) is 10.1. The zero-order valence-electron chi connectivity index (χ0n) is 20.4. The molecule has 0 unspecified atom stereocenters. The molecule has 0 saturated carbocycles. The SMILES string of the molecule is CCCCCCC(=O)n1c(Br)c2c3c(cccc31)C1=C[C@@H](C(=O)N(CC)CC)CN(C)[C@@H]1C2. The normalized spacial score (nSPS) is 20.0. The van der Waals surface area contributed by atoms with Crippen molar-refractivity contribution < 1.29 is 9.59 Å². The van der Waals surface area contributed by atoms with Gasteiger partial charge in [-0.05, 0) is 72.4 Å². The lowest BCUT2D eigenvalue weighted by atomic mass is 9.79. The van der Waals surface area contributed by atoms with Crippen molar-refractivity contribution in [2.45, 2.75) is 65.3 Å². The first-order valence-electron chi connectivity index (χ1n) is 12.5. The van der Waals surface area contributed by atoms with Crippen LogP contribution in [0.1, 0.15) is 68.8 Å². The third-order valence-corrected chi connectivity index (χ3v) is 8.21. The lowest BCUT2D eigenvalue weighted by Crippen LogP contribution is -2.47. The molecule has 6 heteroatoms. The Bertz CT molecular complexity index is 1080. The number of carbonyl (C=O) groups excluding carboxylic acids is 2. The number of nitrogens with zero attached hydrogens (tertiary/aromatic N) is 3. The van der Waals surface area contributed by atoms with Gasteiger partial charge in [0.25, 0.3) is 0 Å². The zero-order chi connectivity index (χ0) is 23.7. The minimum absolute atomic E-state index is 0.135. The summed E-state index contributed by atoms with van der Waals surface area (Å²) in [5.74, 6) is 0.230. The van der Waals surface area contributed by atoms with Crippen LogP contribution in [0.3, 0.4) is 0 Å². The number of amides is 1. The Kier molecular flexibility index (Phi) is 7.44. The van der Waals surface area contributed by atoms with E-state index in [0.29, 0.717) is 6.42 Å². The molecule has 33 heavy (non-hydrogen) atoms. The van der Waals surface area contributed by atoms with Crippen molar-refractivity contribution >= 4 is 44.2 Å². The van der Waals surface area contributed by atoms with Crippen molar-refractivity contribution in [2.75, 3.05) is 26.7 Å². The van der Waals surface area contributed by atoms with Crippen molar-refractivity contribution in [1.82, 2.24) is 14.4 Å². The molecular formula is C27H36BrN3O2. The van der Waals surface area contributed by atoms with E-state index < -0.39 is 0 Å². The highest BCUT2D eigenvalue weighted by Gasteiger charge is 2.38. The molecule has 1 aromatic heterocycles. The highest BCUT2D eigenvalue weighted by atomic mass is 79.9. The van der Waals surface area contributed by atoms with Gasteiger partial charge in [-0.1, -0.05) is 44.4 Å². The number of likely N-dealkylation sites (N-methyl/N-ethyl adjacent to an activating group) is 1. The molecule has 1 aliphatic carbocycles. The molecule has 4 rings (SSSR count). The maximum atomic E-state index is 13.2. The van der Waals surface area contributed by atoms with E-state index in [1.54, 1.807) is 0 Å². The molecular weight excluding hydrogens is 478 g/mol. The molecule has 0 spiro atoms. The van der Waals surface area contributed by atoms with Crippen LogP contribution in [0.15, 0.2) is 28.9 Å². The van der Waals surface area contributed by atoms with Crippen molar-refractivity contribution in [3.05, 3.63) is 40.0 Å². The largest absolute Gasteiger partial charge is 0.343 e. The Hall–Kier alpha value is -1.92. The second-order valence-electron chi connectivity index (χ2n) is 9.41. The van der Waals surface area contributed by atoms with Crippen LogP contribution in [0.25, 0.3) is 16.5 Å². The van der Waals surface area contributed by atoms with Gasteiger partial charge in [0.1, 0.15) is 0 Å². The molecule has 2 aliphatic rings. The van der Waals surface area contributed by atoms with E-state index in [1.807, 2.05) is 29.4 Å². The van der Waals surface area contributed by atoms with E-state index in [9.17, 15) is 9.59 Å². The van der Waals surface area contributed by atoms with Crippen LogP contribution in [0.5, 0.6) is 0 Å². The summed E-state index contributed by atoms with van der Waals surface area (Å²) in [5, 5.41) is 1.16. The summed E-state index contributed by atoms with van der Waals surface area (Å²) >= 11 is 3.80. The summed E-state index contributed by atoms with van der Waals surface area (Å²) in [6, 6.07) is 6.48. The smallest absolute Gasteiger partial charge is 0.231 e. The highest BCUT2D eigenvalue weighted by molar-refractivity contribution is 9.10. The third-order valence-electron chi connectivity index (χ3n) is 7.38. The van der Waals surface area contributed by atoms with E-state index in [-0.39, 0.29) is 23.8 Å². The molecule has 0 fully saturated rings. The lowest BCUT2D eigenvalue weighted by molar-refractivity contribution is -0.134. The molecule has 0 saturated heterocycles. The summed E-state index contributed by atoms with van der Waals surface area (Å²) in [7, 11) is 2.12. The van der Waals surface area contributed by atoms with E-state index in [4.69, 9.17) is 0 Å². The summed E-state index contributed by atoms with van der Waals surface area (Å²) in [6.45, 7) is 8.46. The van der Waals surface area contributed by atoms with Gasteiger partial charge < -0.3 is 4.90 Å². The first-order chi connectivity index (χ1) is 15.9. The first kappa shape index (κ1) is 24.2. The van der Waals surface area contributed by atoms with Crippen LogP contribution in [0.4, 0.5) is 0 Å². The van der Waals surface area contributed by atoms with Gasteiger partial charge in [0, 0.05) is 37.5 Å². The van der Waals surface area contributed by atoms with E-state index in [0.717, 1.165) is 54.4 Å². The molecule has 1 aliphatic heterocycles. The summed E-state index contributed by atoms with van der Waals surface area (Å²) in [5.41, 5.74) is 4.59. The molecule has 1 aromatic carbocycles. The van der Waals surface area contributed by atoms with E-state index in [2.05, 4.69) is 53.0 Å². The number of hydrogen-bond donors (Lipinski definition) is 0. The Labute approximate surface area is 205 Å². The van der Waals surface area contributed by atoms with Crippen molar-refractivity contribution in [1.29, 1.82) is 0 Å². The maximum Gasteiger partial charge on any atom is 0.231 e. The Morgan fingerprint density at radius 1 is 1.12 bits per heavy atom. The molecule has 178 valence electrons. The average molecular weight is 515 g/mol. The van der Waals surface area contributed by atoms with Crippen molar-refractivity contribution in [3.8, 4) is 0 Å². The zero-order valence-corrected chi connectivity index (χ0v) is 22.0. The molecule has 0 radical (unpaired) electrons. The highest BCUT2D eigenvalue weighted by Crippen LogP contribution is 2.45. The molecule has 1 amide bonds. The quantitative estimate of drug-likeness (QED) is 0.422. The Morgan fingerprint density at radius 2 is 1.88 bits per heavy atom. The topological polar surface area (TPSA) is 45.6 Å². The molecule has 5 nitrogen and oxygen atoms in total. The number of carbonyl (C=O) groups is 2. The first-order valence-corrected chi connectivity index (χ1v) is 13.3. The second-order valence-corrected chi connectivity index (χ2v) is 10.2. The van der Waals surface area contributed by atoms with Crippen LogP contribution in [-0.4, -0.2) is 58.9 Å². The van der Waals surface area contributed by atoms with Gasteiger partial charge in [0.05, 0.1) is 16.0 Å². The van der Waals surface area contributed by atoms with Crippen LogP contribution in [-0.2, 0) is 11.2 Å². The minimum Gasteiger partial charge on any atom is -0.343 e. The van der Waals surface area contributed by atoms with Gasteiger partial charge in [0.2, 0.25) is 11.8 Å². The van der Waals surface area contributed by atoms with Crippen LogP contribution in [0, 0.1) is 5.92 Å². The number of halogens is 1. The molecule has 2 heterocycles. The molecule has 0 N–H and O–H groups in total. The number of fused-ring (bicyclic) bond motifs is 2. The lowest BCUT2D eigenvalue weighted by Gasteiger charge is -2.40. The van der Waals surface area contributed by atoms with E-state index in [1.165, 1.54) is 29.5 Å². The molecule has 0 bridgehead atoms. The standard InChI is InChI=1S/C27H36BrN3O2/c1-5-8-9-10-14-24(32)31-22-13-11-12-19-20-15-18(27(33)30(6-2)7-3)17-29(4)23(20)16-21(25(19)22)26(31)28/h11-13,15,18,23H,5-10,14,16-17H2,1-4H3/t18-,23-/m1/s1. The van der Waals surface area contributed by atoms with Gasteiger partial charge in [-0.15, -0.1) is 0 Å². The van der Waals surface area contributed by atoms with Crippen LogP contribution < -0.4 is 0 Å². The van der Waals surface area contributed by atoms with Gasteiger partial charge in [-0.3, -0.25) is 19.1 Å². The third kappa shape index (κ3) is 4.32. The fourth-order valence-corrected chi connectivity index (χ4v) is 6.32.